The van der Waals surface area contributed by atoms with E-state index in [4.69, 9.17) is 33.2 Å². The highest BCUT2D eigenvalue weighted by Crippen LogP contribution is 2.22. The fraction of sp³-hybridized carbons (Fsp3) is 0.600. The summed E-state index contributed by atoms with van der Waals surface area (Å²) in [6.07, 6.45) is 0. The molecule has 9 nitrogen and oxygen atoms in total. The van der Waals surface area contributed by atoms with Crippen LogP contribution in [0.25, 0.3) is 0 Å². The molecule has 0 spiro atoms. The predicted molar refractivity (Wildman–Crippen MR) is 101 cm³/mol. The van der Waals surface area contributed by atoms with Gasteiger partial charge in [0.15, 0.2) is 0 Å². The lowest BCUT2D eigenvalue weighted by Gasteiger charge is -2.16. The monoisotopic (exact) mass is 412 g/mol. The van der Waals surface area contributed by atoms with Crippen molar-refractivity contribution in [2.45, 2.75) is 13.2 Å². The normalized spacial score (nSPS) is 17.6. The van der Waals surface area contributed by atoms with E-state index in [0.717, 1.165) is 0 Å². The Labute approximate surface area is 170 Å². The summed E-state index contributed by atoms with van der Waals surface area (Å²) in [6, 6.07) is 3.33. The molecule has 9 heteroatoms. The third kappa shape index (κ3) is 7.71. The Balaban J connectivity index is 2.23. The molecule has 2 rings (SSSR count). The summed E-state index contributed by atoms with van der Waals surface area (Å²) in [7, 11) is 2.51. The molecule has 0 N–H and O–H groups in total. The SMILES string of the molecule is COC(=O)c1cc2cc(c1C(=O)OC)COCCOCCOCCOCCOC2. The largest absolute Gasteiger partial charge is 0.465 e. The van der Waals surface area contributed by atoms with Gasteiger partial charge in [-0.15, -0.1) is 0 Å². The van der Waals surface area contributed by atoms with Gasteiger partial charge in [-0.1, -0.05) is 6.07 Å². The average molecular weight is 412 g/mol. The number of benzene rings is 1. The molecular weight excluding hydrogens is 384 g/mol. The molecule has 1 heterocycles. The number of carbonyl (C=O) groups is 2. The number of carbonyl (C=O) groups excluding carboxylic acids is 2. The second-order valence-corrected chi connectivity index (χ2v) is 6.10. The van der Waals surface area contributed by atoms with Crippen LogP contribution >= 0.6 is 0 Å². The summed E-state index contributed by atoms with van der Waals surface area (Å²) >= 11 is 0. The van der Waals surface area contributed by atoms with Gasteiger partial charge in [0.2, 0.25) is 0 Å². The molecule has 0 atom stereocenters. The Morgan fingerprint density at radius 3 is 1.69 bits per heavy atom. The minimum atomic E-state index is -0.639. The molecular formula is C20H28O9. The molecule has 0 amide bonds. The summed E-state index contributed by atoms with van der Waals surface area (Å²) in [5.41, 5.74) is 1.45. The van der Waals surface area contributed by atoms with E-state index in [1.165, 1.54) is 14.2 Å². The minimum absolute atomic E-state index is 0.102. The zero-order valence-electron chi connectivity index (χ0n) is 16.9. The molecule has 2 bridgehead atoms. The smallest absolute Gasteiger partial charge is 0.339 e. The maximum Gasteiger partial charge on any atom is 0.339 e. The van der Waals surface area contributed by atoms with Crippen LogP contribution in [-0.4, -0.2) is 79.0 Å². The van der Waals surface area contributed by atoms with Crippen molar-refractivity contribution in [1.29, 1.82) is 0 Å². The van der Waals surface area contributed by atoms with Gasteiger partial charge in [0.05, 0.1) is 91.4 Å². The lowest BCUT2D eigenvalue weighted by atomic mass is 9.97. The number of esters is 2. The van der Waals surface area contributed by atoms with Gasteiger partial charge in [-0.3, -0.25) is 0 Å². The second-order valence-electron chi connectivity index (χ2n) is 6.10. The molecule has 0 unspecified atom stereocenters. The van der Waals surface area contributed by atoms with Crippen LogP contribution in [0, 0.1) is 0 Å². The molecule has 1 aliphatic heterocycles. The Morgan fingerprint density at radius 1 is 0.690 bits per heavy atom. The first-order valence-corrected chi connectivity index (χ1v) is 9.38. The van der Waals surface area contributed by atoms with Crippen LogP contribution < -0.4 is 0 Å². The molecule has 1 aliphatic rings. The average Bonchev–Trinajstić information content (AvgIpc) is 2.74. The van der Waals surface area contributed by atoms with Crippen LogP contribution in [0.3, 0.4) is 0 Å². The lowest BCUT2D eigenvalue weighted by molar-refractivity contribution is -0.0145. The Hall–Kier alpha value is -2.04. The summed E-state index contributed by atoms with van der Waals surface area (Å²) in [6.45, 7) is 3.70. The van der Waals surface area contributed by atoms with Crippen LogP contribution in [0.4, 0.5) is 0 Å². The fourth-order valence-electron chi connectivity index (χ4n) is 2.73. The van der Waals surface area contributed by atoms with E-state index < -0.39 is 11.9 Å². The first-order valence-electron chi connectivity index (χ1n) is 9.38. The maximum atomic E-state index is 12.3. The Kier molecular flexibility index (Phi) is 10.6. The van der Waals surface area contributed by atoms with Crippen LogP contribution in [-0.2, 0) is 46.4 Å². The van der Waals surface area contributed by atoms with E-state index in [1.54, 1.807) is 12.1 Å². The van der Waals surface area contributed by atoms with Crippen molar-refractivity contribution in [3.63, 3.8) is 0 Å². The van der Waals surface area contributed by atoms with E-state index in [1.807, 2.05) is 0 Å². The third-order valence-corrected chi connectivity index (χ3v) is 4.09. The summed E-state index contributed by atoms with van der Waals surface area (Å²) in [5, 5.41) is 0. The van der Waals surface area contributed by atoms with Gasteiger partial charge in [-0.25, -0.2) is 9.59 Å². The van der Waals surface area contributed by atoms with Crippen molar-refractivity contribution in [3.05, 3.63) is 34.4 Å². The van der Waals surface area contributed by atoms with Gasteiger partial charge in [0, 0.05) is 0 Å². The van der Waals surface area contributed by atoms with Crippen molar-refractivity contribution >= 4 is 11.9 Å². The lowest BCUT2D eigenvalue weighted by Crippen LogP contribution is -2.18. The molecule has 0 fully saturated rings. The maximum absolute atomic E-state index is 12.3. The van der Waals surface area contributed by atoms with Gasteiger partial charge in [-0.2, -0.15) is 0 Å². The number of hydrogen-bond acceptors (Lipinski definition) is 9. The molecule has 29 heavy (non-hydrogen) atoms. The first-order chi connectivity index (χ1) is 14.2. The molecule has 0 saturated carbocycles. The number of methoxy groups -OCH3 is 2. The van der Waals surface area contributed by atoms with Gasteiger partial charge in [0.1, 0.15) is 0 Å². The minimum Gasteiger partial charge on any atom is -0.465 e. The summed E-state index contributed by atoms with van der Waals surface area (Å²) in [5.74, 6) is -1.28. The highest BCUT2D eigenvalue weighted by atomic mass is 16.6. The van der Waals surface area contributed by atoms with Crippen molar-refractivity contribution in [2.75, 3.05) is 67.1 Å². The second kappa shape index (κ2) is 13.2. The van der Waals surface area contributed by atoms with E-state index in [2.05, 4.69) is 0 Å². The summed E-state index contributed by atoms with van der Waals surface area (Å²) < 4.78 is 37.2. The quantitative estimate of drug-likeness (QED) is 0.667. The van der Waals surface area contributed by atoms with Gasteiger partial charge < -0.3 is 33.2 Å². The molecule has 1 aromatic rings. The van der Waals surface area contributed by atoms with E-state index in [9.17, 15) is 9.59 Å². The zero-order valence-corrected chi connectivity index (χ0v) is 16.9. The third-order valence-electron chi connectivity index (χ3n) is 4.09. The van der Waals surface area contributed by atoms with Crippen molar-refractivity contribution < 1.29 is 42.7 Å². The first kappa shape index (κ1) is 23.2. The number of ether oxygens (including phenoxy) is 7. The van der Waals surface area contributed by atoms with E-state index in [0.29, 0.717) is 64.0 Å². The van der Waals surface area contributed by atoms with E-state index >= 15 is 0 Å². The molecule has 162 valence electrons. The molecule has 1 aromatic carbocycles. The Bertz CT molecular complexity index is 660. The number of rotatable bonds is 2. The molecule has 0 aliphatic carbocycles. The molecule has 0 aromatic heterocycles. The van der Waals surface area contributed by atoms with Crippen molar-refractivity contribution in [3.8, 4) is 0 Å². The van der Waals surface area contributed by atoms with Crippen molar-refractivity contribution in [2.24, 2.45) is 0 Å². The topological polar surface area (TPSA) is 98.8 Å². The highest BCUT2D eigenvalue weighted by molar-refractivity contribution is 6.04. The standard InChI is InChI=1S/C20H28O9/c1-23-19(21)17-12-15-11-16(18(17)20(22)24-2)14-29-10-8-27-6-4-25-3-5-26-7-9-28-13-15/h11-12H,3-10,13-14H2,1-2H3. The zero-order chi connectivity index (χ0) is 20.9. The predicted octanol–water partition coefficient (Wildman–Crippen LogP) is 1.36. The molecule has 0 radical (unpaired) electrons. The number of fused-ring (bicyclic) bond motifs is 2. The van der Waals surface area contributed by atoms with Gasteiger partial charge in [-0.05, 0) is 17.2 Å². The van der Waals surface area contributed by atoms with Crippen LogP contribution in [0.5, 0.6) is 0 Å². The van der Waals surface area contributed by atoms with Crippen LogP contribution in [0.1, 0.15) is 31.8 Å². The summed E-state index contributed by atoms with van der Waals surface area (Å²) in [4.78, 5) is 24.6. The van der Waals surface area contributed by atoms with Crippen LogP contribution in [0.15, 0.2) is 12.1 Å². The van der Waals surface area contributed by atoms with Gasteiger partial charge in [0.25, 0.3) is 0 Å². The highest BCUT2D eigenvalue weighted by Gasteiger charge is 2.24. The van der Waals surface area contributed by atoms with Crippen LogP contribution in [0.2, 0.25) is 0 Å². The molecule has 0 saturated heterocycles. The number of hydrogen-bond donors (Lipinski definition) is 0. The van der Waals surface area contributed by atoms with E-state index in [-0.39, 0.29) is 24.3 Å². The van der Waals surface area contributed by atoms with Crippen molar-refractivity contribution in [1.82, 2.24) is 0 Å². The van der Waals surface area contributed by atoms with Gasteiger partial charge >= 0.3 is 11.9 Å². The Morgan fingerprint density at radius 2 is 1.17 bits per heavy atom. The fourth-order valence-corrected chi connectivity index (χ4v) is 2.73.